The molecule has 0 saturated heterocycles. The molecule has 1 rings (SSSR count). The highest BCUT2D eigenvalue weighted by Gasteiger charge is 2.25. The molecule has 114 valence electrons. The Kier molecular flexibility index (Phi) is 5.98. The van der Waals surface area contributed by atoms with Crippen molar-refractivity contribution < 1.29 is 14.6 Å². The first-order chi connectivity index (χ1) is 9.23. The number of aryl methyl sites for hydroxylation is 1. The minimum absolute atomic E-state index is 0.377. The first kappa shape index (κ1) is 16.9. The van der Waals surface area contributed by atoms with Crippen molar-refractivity contribution >= 4 is 17.4 Å². The van der Waals surface area contributed by atoms with Gasteiger partial charge in [0.1, 0.15) is 11.7 Å². The molecule has 0 aromatic carbocycles. The number of aliphatic hydroxyl groups excluding tert-OH is 1. The maximum Gasteiger partial charge on any atom is 0.407 e. The van der Waals surface area contributed by atoms with Gasteiger partial charge in [-0.05, 0) is 52.8 Å². The Balaban J connectivity index is 2.71. The number of amides is 1. The normalized spacial score (nSPS) is 14.7. The van der Waals surface area contributed by atoms with E-state index in [1.54, 1.807) is 20.8 Å². The third-order valence-electron chi connectivity index (χ3n) is 2.61. The van der Waals surface area contributed by atoms with E-state index in [0.717, 1.165) is 9.75 Å². The molecule has 1 amide bonds. The molecule has 0 radical (unpaired) electrons. The maximum absolute atomic E-state index is 11.8. The molecule has 0 aliphatic heterocycles. The van der Waals surface area contributed by atoms with Crippen LogP contribution in [0.1, 0.15) is 43.1 Å². The molecule has 2 atom stereocenters. The Bertz CT molecular complexity index is 440. The highest BCUT2D eigenvalue weighted by atomic mass is 32.1. The molecule has 0 saturated carbocycles. The Hall–Kier alpha value is -1.11. The van der Waals surface area contributed by atoms with Crippen LogP contribution in [-0.4, -0.2) is 29.4 Å². The van der Waals surface area contributed by atoms with Crippen molar-refractivity contribution in [3.8, 4) is 0 Å². The van der Waals surface area contributed by atoms with Gasteiger partial charge in [-0.2, -0.15) is 0 Å². The lowest BCUT2D eigenvalue weighted by Gasteiger charge is -2.26. The van der Waals surface area contributed by atoms with E-state index in [1.165, 1.54) is 11.3 Å². The second-order valence-electron chi connectivity index (χ2n) is 5.72. The quantitative estimate of drug-likeness (QED) is 0.779. The van der Waals surface area contributed by atoms with Crippen LogP contribution in [0.5, 0.6) is 0 Å². The number of nitrogens with one attached hydrogen (secondary N) is 1. The Morgan fingerprint density at radius 1 is 1.50 bits per heavy atom. The number of hydrogen-bond acceptors (Lipinski definition) is 5. The summed E-state index contributed by atoms with van der Waals surface area (Å²) in [6.45, 7) is 7.73. The standard InChI is InChI=1S/C14H24N2O3S/c1-9-5-6-11(20-9)12(17)10(7-8-15)16-13(18)19-14(2,3)4/h5-6,10,12,17H,7-8,15H2,1-4H3,(H,16,18). The molecule has 0 aliphatic carbocycles. The number of nitrogens with two attached hydrogens (primary N) is 1. The molecule has 6 heteroatoms. The average Bonchev–Trinajstić information content (AvgIpc) is 2.72. The summed E-state index contributed by atoms with van der Waals surface area (Å²) in [7, 11) is 0. The van der Waals surface area contributed by atoms with Crippen LogP contribution in [0.4, 0.5) is 4.79 Å². The van der Waals surface area contributed by atoms with E-state index in [1.807, 2.05) is 19.1 Å². The lowest BCUT2D eigenvalue weighted by Crippen LogP contribution is -2.43. The fourth-order valence-electron chi connectivity index (χ4n) is 1.76. The zero-order valence-electron chi connectivity index (χ0n) is 12.5. The molecular formula is C14H24N2O3S. The number of alkyl carbamates (subject to hydrolysis) is 1. The van der Waals surface area contributed by atoms with Crippen LogP contribution >= 0.6 is 11.3 Å². The van der Waals surface area contributed by atoms with Crippen molar-refractivity contribution in [3.63, 3.8) is 0 Å². The van der Waals surface area contributed by atoms with Gasteiger partial charge < -0.3 is 20.9 Å². The summed E-state index contributed by atoms with van der Waals surface area (Å²) in [6, 6.07) is 3.36. The monoisotopic (exact) mass is 300 g/mol. The zero-order chi connectivity index (χ0) is 15.3. The fraction of sp³-hybridized carbons (Fsp3) is 0.643. The molecule has 20 heavy (non-hydrogen) atoms. The van der Waals surface area contributed by atoms with Gasteiger partial charge >= 0.3 is 6.09 Å². The third kappa shape index (κ3) is 5.48. The minimum Gasteiger partial charge on any atom is -0.444 e. The van der Waals surface area contributed by atoms with Crippen LogP contribution in [0.2, 0.25) is 0 Å². The largest absolute Gasteiger partial charge is 0.444 e. The van der Waals surface area contributed by atoms with Crippen LogP contribution in [0.15, 0.2) is 12.1 Å². The molecule has 1 aromatic rings. The fourth-order valence-corrected chi connectivity index (χ4v) is 2.69. The van der Waals surface area contributed by atoms with Gasteiger partial charge in [-0.15, -0.1) is 11.3 Å². The summed E-state index contributed by atoms with van der Waals surface area (Å²) >= 11 is 1.51. The number of carbonyl (C=O) groups excluding carboxylic acids is 1. The summed E-state index contributed by atoms with van der Waals surface area (Å²) in [4.78, 5) is 13.7. The van der Waals surface area contributed by atoms with E-state index in [0.29, 0.717) is 13.0 Å². The van der Waals surface area contributed by atoms with Crippen molar-refractivity contribution in [1.82, 2.24) is 5.32 Å². The highest BCUT2D eigenvalue weighted by molar-refractivity contribution is 7.12. The van der Waals surface area contributed by atoms with E-state index in [-0.39, 0.29) is 0 Å². The van der Waals surface area contributed by atoms with Gasteiger partial charge in [-0.25, -0.2) is 4.79 Å². The predicted octanol–water partition coefficient (Wildman–Crippen LogP) is 2.33. The second kappa shape index (κ2) is 7.06. The summed E-state index contributed by atoms with van der Waals surface area (Å²) < 4.78 is 5.21. The smallest absolute Gasteiger partial charge is 0.407 e. The van der Waals surface area contributed by atoms with E-state index in [4.69, 9.17) is 10.5 Å². The molecule has 2 unspecified atom stereocenters. The zero-order valence-corrected chi connectivity index (χ0v) is 13.3. The lowest BCUT2D eigenvalue weighted by molar-refractivity contribution is 0.0419. The lowest BCUT2D eigenvalue weighted by atomic mass is 10.1. The van der Waals surface area contributed by atoms with E-state index < -0.39 is 23.8 Å². The van der Waals surface area contributed by atoms with Gasteiger partial charge in [0, 0.05) is 9.75 Å². The van der Waals surface area contributed by atoms with Crippen molar-refractivity contribution in [3.05, 3.63) is 21.9 Å². The van der Waals surface area contributed by atoms with Crippen LogP contribution in [0, 0.1) is 6.92 Å². The third-order valence-corrected chi connectivity index (χ3v) is 3.68. The van der Waals surface area contributed by atoms with Crippen molar-refractivity contribution in [2.75, 3.05) is 6.54 Å². The van der Waals surface area contributed by atoms with Crippen LogP contribution in [0.3, 0.4) is 0 Å². The number of thiophene rings is 1. The number of hydrogen-bond donors (Lipinski definition) is 3. The number of ether oxygens (including phenoxy) is 1. The van der Waals surface area contributed by atoms with Gasteiger partial charge in [-0.1, -0.05) is 0 Å². The van der Waals surface area contributed by atoms with E-state index in [2.05, 4.69) is 5.32 Å². The summed E-state index contributed by atoms with van der Waals surface area (Å²) in [5.74, 6) is 0. The predicted molar refractivity (Wildman–Crippen MR) is 80.8 cm³/mol. The van der Waals surface area contributed by atoms with Gasteiger partial charge in [-0.3, -0.25) is 0 Å². The molecule has 0 fully saturated rings. The van der Waals surface area contributed by atoms with Crippen LogP contribution < -0.4 is 11.1 Å². The van der Waals surface area contributed by atoms with Crippen molar-refractivity contribution in [2.24, 2.45) is 5.73 Å². The summed E-state index contributed by atoms with van der Waals surface area (Å²) in [6.07, 6.45) is -0.829. The number of carbonyl (C=O) groups is 1. The molecule has 0 spiro atoms. The molecular weight excluding hydrogens is 276 g/mol. The molecule has 0 bridgehead atoms. The minimum atomic E-state index is -0.773. The Morgan fingerprint density at radius 3 is 2.60 bits per heavy atom. The van der Waals surface area contributed by atoms with Gasteiger partial charge in [0.25, 0.3) is 0 Å². The Morgan fingerprint density at radius 2 is 2.15 bits per heavy atom. The topological polar surface area (TPSA) is 84.6 Å². The summed E-state index contributed by atoms with van der Waals surface area (Å²) in [5.41, 5.74) is 4.99. The Labute approximate surface area is 124 Å². The highest BCUT2D eigenvalue weighted by Crippen LogP contribution is 2.26. The van der Waals surface area contributed by atoms with Gasteiger partial charge in [0.2, 0.25) is 0 Å². The SMILES string of the molecule is Cc1ccc(C(O)C(CCN)NC(=O)OC(C)(C)C)s1. The molecule has 1 aromatic heterocycles. The molecule has 5 nitrogen and oxygen atoms in total. The van der Waals surface area contributed by atoms with E-state index in [9.17, 15) is 9.90 Å². The number of rotatable bonds is 5. The van der Waals surface area contributed by atoms with Crippen LogP contribution in [-0.2, 0) is 4.74 Å². The molecule has 0 aliphatic rings. The van der Waals surface area contributed by atoms with Gasteiger partial charge in [0.05, 0.1) is 6.04 Å². The van der Waals surface area contributed by atoms with Crippen molar-refractivity contribution in [2.45, 2.75) is 51.9 Å². The van der Waals surface area contributed by atoms with Gasteiger partial charge in [0.15, 0.2) is 0 Å². The van der Waals surface area contributed by atoms with Crippen LogP contribution in [0.25, 0.3) is 0 Å². The first-order valence-electron chi connectivity index (χ1n) is 6.67. The first-order valence-corrected chi connectivity index (χ1v) is 7.48. The average molecular weight is 300 g/mol. The van der Waals surface area contributed by atoms with Crippen molar-refractivity contribution in [1.29, 1.82) is 0 Å². The summed E-state index contributed by atoms with van der Waals surface area (Å²) in [5, 5.41) is 13.1. The molecule has 1 heterocycles. The maximum atomic E-state index is 11.8. The van der Waals surface area contributed by atoms with E-state index >= 15 is 0 Å². The second-order valence-corrected chi connectivity index (χ2v) is 7.04. The number of aliphatic hydroxyl groups is 1. The molecule has 4 N–H and O–H groups in total.